The van der Waals surface area contributed by atoms with E-state index in [1.807, 2.05) is 42.5 Å². The lowest BCUT2D eigenvalue weighted by Gasteiger charge is -2.49. The number of nitrogens with one attached hydrogen (secondary N) is 1. The van der Waals surface area contributed by atoms with E-state index in [0.29, 0.717) is 11.1 Å². The quantitative estimate of drug-likeness (QED) is 0.720. The molecular weight excluding hydrogens is 400 g/mol. The molecule has 0 amide bonds. The van der Waals surface area contributed by atoms with E-state index in [2.05, 4.69) is 39.0 Å². The Labute approximate surface area is 188 Å². The summed E-state index contributed by atoms with van der Waals surface area (Å²) < 4.78 is 12.2. The maximum Gasteiger partial charge on any atom is 0.218 e. The first-order valence-corrected chi connectivity index (χ1v) is 10.4. The molecule has 0 aliphatic carbocycles. The second-order valence-corrected chi connectivity index (χ2v) is 9.61. The fourth-order valence-electron chi connectivity index (χ4n) is 5.09. The SMILES string of the molecule is CC(C)(C)c1ccc(C2OC3(C)OC(=N)C(C#N)(C3c3ccccc3)C2(C#N)C#N)cc1. The number of nitrogens with zero attached hydrogens (tertiary/aromatic N) is 3. The molecule has 0 saturated carbocycles. The van der Waals surface area contributed by atoms with Crippen molar-refractivity contribution in [3.63, 3.8) is 0 Å². The number of fused-ring (bicyclic) bond motifs is 2. The third-order valence-corrected chi connectivity index (χ3v) is 6.73. The summed E-state index contributed by atoms with van der Waals surface area (Å²) in [5.74, 6) is -2.62. The molecule has 0 spiro atoms. The van der Waals surface area contributed by atoms with Crippen LogP contribution >= 0.6 is 0 Å². The topological polar surface area (TPSA) is 114 Å². The van der Waals surface area contributed by atoms with Gasteiger partial charge in [0.1, 0.15) is 6.10 Å². The highest BCUT2D eigenvalue weighted by Gasteiger charge is 2.79. The van der Waals surface area contributed by atoms with Gasteiger partial charge in [0.25, 0.3) is 0 Å². The van der Waals surface area contributed by atoms with E-state index in [-0.39, 0.29) is 5.41 Å². The summed E-state index contributed by atoms with van der Waals surface area (Å²) in [7, 11) is 0. The lowest BCUT2D eigenvalue weighted by atomic mass is 9.52. The zero-order valence-electron chi connectivity index (χ0n) is 18.5. The van der Waals surface area contributed by atoms with Gasteiger partial charge < -0.3 is 9.47 Å². The maximum absolute atomic E-state index is 10.5. The summed E-state index contributed by atoms with van der Waals surface area (Å²) >= 11 is 0. The van der Waals surface area contributed by atoms with Gasteiger partial charge in [-0.25, -0.2) is 0 Å². The van der Waals surface area contributed by atoms with Crippen molar-refractivity contribution in [2.24, 2.45) is 10.8 Å². The predicted molar refractivity (Wildman–Crippen MR) is 117 cm³/mol. The Bertz CT molecular complexity index is 1180. The lowest BCUT2D eigenvalue weighted by Crippen LogP contribution is -2.57. The van der Waals surface area contributed by atoms with E-state index in [1.165, 1.54) is 0 Å². The van der Waals surface area contributed by atoms with Gasteiger partial charge in [0.05, 0.1) is 24.1 Å². The fraction of sp³-hybridized carbons (Fsp3) is 0.385. The van der Waals surface area contributed by atoms with Gasteiger partial charge >= 0.3 is 0 Å². The standard InChI is InChI=1S/C26H24N4O2/c1-23(2,3)19-12-10-18(11-13-19)21-25(14-27,15-28)26(16-29)20(17-8-6-5-7-9-17)24(4,31-21)32-22(26)30/h5-13,20-21,30H,1-4H3. The molecule has 2 heterocycles. The first-order chi connectivity index (χ1) is 15.1. The van der Waals surface area contributed by atoms with Gasteiger partial charge in [-0.1, -0.05) is 75.4 Å². The van der Waals surface area contributed by atoms with Crippen LogP contribution in [-0.2, 0) is 14.9 Å². The Morgan fingerprint density at radius 3 is 1.97 bits per heavy atom. The van der Waals surface area contributed by atoms with Crippen LogP contribution in [0.3, 0.4) is 0 Å². The van der Waals surface area contributed by atoms with Gasteiger partial charge in [-0.15, -0.1) is 0 Å². The lowest BCUT2D eigenvalue weighted by molar-refractivity contribution is -0.253. The second kappa shape index (κ2) is 6.92. The normalized spacial score (nSPS) is 30.5. The molecule has 0 radical (unpaired) electrons. The van der Waals surface area contributed by atoms with Crippen molar-refractivity contribution in [3.8, 4) is 18.2 Å². The highest BCUT2D eigenvalue weighted by Crippen LogP contribution is 2.69. The van der Waals surface area contributed by atoms with Gasteiger partial charge in [-0.3, -0.25) is 5.41 Å². The molecule has 2 aromatic carbocycles. The van der Waals surface area contributed by atoms with Crippen LogP contribution in [0, 0.1) is 50.2 Å². The van der Waals surface area contributed by atoms with Crippen LogP contribution in [0.1, 0.15) is 56.4 Å². The van der Waals surface area contributed by atoms with Crippen LogP contribution in [0.4, 0.5) is 0 Å². The molecule has 6 nitrogen and oxygen atoms in total. The Morgan fingerprint density at radius 2 is 1.47 bits per heavy atom. The largest absolute Gasteiger partial charge is 0.447 e. The molecule has 2 aliphatic heterocycles. The van der Waals surface area contributed by atoms with Crippen LogP contribution in [0.5, 0.6) is 0 Å². The van der Waals surface area contributed by atoms with Crippen molar-refractivity contribution >= 4 is 5.90 Å². The minimum atomic E-state index is -1.99. The minimum absolute atomic E-state index is 0.0734. The minimum Gasteiger partial charge on any atom is -0.447 e. The van der Waals surface area contributed by atoms with Crippen molar-refractivity contribution in [2.45, 2.75) is 50.9 Å². The number of hydrogen-bond acceptors (Lipinski definition) is 6. The number of ether oxygens (including phenoxy) is 2. The molecule has 160 valence electrons. The van der Waals surface area contributed by atoms with E-state index in [4.69, 9.17) is 14.9 Å². The third kappa shape index (κ3) is 2.62. The van der Waals surface area contributed by atoms with Crippen LogP contribution in [0.15, 0.2) is 54.6 Å². The monoisotopic (exact) mass is 424 g/mol. The summed E-state index contributed by atoms with van der Waals surface area (Å²) in [6.07, 6.45) is -1.07. The average molecular weight is 425 g/mol. The molecule has 4 rings (SSSR count). The Morgan fingerprint density at radius 1 is 0.875 bits per heavy atom. The molecule has 6 heteroatoms. The van der Waals surface area contributed by atoms with Crippen LogP contribution in [-0.4, -0.2) is 11.7 Å². The molecule has 2 bridgehead atoms. The Kier molecular flexibility index (Phi) is 4.67. The van der Waals surface area contributed by atoms with Crippen molar-refractivity contribution in [1.29, 1.82) is 21.2 Å². The van der Waals surface area contributed by atoms with E-state index >= 15 is 0 Å². The third-order valence-electron chi connectivity index (χ3n) is 6.73. The number of benzene rings is 2. The average Bonchev–Trinajstić information content (AvgIpc) is 2.96. The zero-order chi connectivity index (χ0) is 23.4. The fourth-order valence-corrected chi connectivity index (χ4v) is 5.09. The number of rotatable bonds is 2. The zero-order valence-corrected chi connectivity index (χ0v) is 18.5. The summed E-state index contributed by atoms with van der Waals surface area (Å²) in [6, 6.07) is 23.0. The first kappa shape index (κ1) is 21.6. The van der Waals surface area contributed by atoms with Crippen LogP contribution in [0.2, 0.25) is 0 Å². The molecule has 1 N–H and O–H groups in total. The molecule has 4 unspecified atom stereocenters. The molecule has 32 heavy (non-hydrogen) atoms. The van der Waals surface area contributed by atoms with Crippen molar-refractivity contribution in [1.82, 2.24) is 0 Å². The molecule has 2 saturated heterocycles. The smallest absolute Gasteiger partial charge is 0.218 e. The van der Waals surface area contributed by atoms with Crippen molar-refractivity contribution in [3.05, 3.63) is 71.3 Å². The molecule has 2 aromatic rings. The summed E-state index contributed by atoms with van der Waals surface area (Å²) in [6.45, 7) is 7.96. The van der Waals surface area contributed by atoms with Gasteiger partial charge in [0.15, 0.2) is 5.41 Å². The number of hydrogen-bond donors (Lipinski definition) is 1. The molecule has 4 atom stereocenters. The summed E-state index contributed by atoms with van der Waals surface area (Å²) in [4.78, 5) is 0. The van der Waals surface area contributed by atoms with E-state index in [9.17, 15) is 15.8 Å². The number of nitriles is 3. The van der Waals surface area contributed by atoms with Gasteiger partial charge in [-0.05, 0) is 22.1 Å². The van der Waals surface area contributed by atoms with Crippen molar-refractivity contribution in [2.75, 3.05) is 0 Å². The highest BCUT2D eigenvalue weighted by atomic mass is 16.7. The van der Waals surface area contributed by atoms with Crippen LogP contribution in [0.25, 0.3) is 0 Å². The highest BCUT2D eigenvalue weighted by molar-refractivity contribution is 5.90. The Hall–Kier alpha value is -3.66. The van der Waals surface area contributed by atoms with E-state index < -0.39 is 34.5 Å². The van der Waals surface area contributed by atoms with Gasteiger partial charge in [-0.2, -0.15) is 15.8 Å². The molecule has 2 fully saturated rings. The summed E-state index contributed by atoms with van der Waals surface area (Å²) in [5.41, 5.74) is -1.54. The van der Waals surface area contributed by atoms with E-state index in [0.717, 1.165) is 5.56 Å². The van der Waals surface area contributed by atoms with Crippen molar-refractivity contribution < 1.29 is 9.47 Å². The molecule has 2 aliphatic rings. The van der Waals surface area contributed by atoms with Crippen LogP contribution < -0.4 is 0 Å². The molecular formula is C26H24N4O2. The molecule has 0 aromatic heterocycles. The first-order valence-electron chi connectivity index (χ1n) is 10.4. The predicted octanol–water partition coefficient (Wildman–Crippen LogP) is 5.11. The van der Waals surface area contributed by atoms with Gasteiger partial charge in [0, 0.05) is 6.92 Å². The van der Waals surface area contributed by atoms with E-state index in [1.54, 1.807) is 19.1 Å². The second-order valence-electron chi connectivity index (χ2n) is 9.61. The summed E-state index contributed by atoms with van der Waals surface area (Å²) in [5, 5.41) is 39.9. The maximum atomic E-state index is 10.5. The van der Waals surface area contributed by atoms with Gasteiger partial charge in [0.2, 0.25) is 17.1 Å². The Balaban J connectivity index is 1.96.